The van der Waals surface area contributed by atoms with Crippen molar-refractivity contribution in [3.05, 3.63) is 59.4 Å². The summed E-state index contributed by atoms with van der Waals surface area (Å²) in [5, 5.41) is 10.2. The van der Waals surface area contributed by atoms with Crippen molar-refractivity contribution < 1.29 is 19.0 Å². The first-order valence-electron chi connectivity index (χ1n) is 7.37. The van der Waals surface area contributed by atoms with E-state index in [0.29, 0.717) is 18.7 Å². The van der Waals surface area contributed by atoms with Crippen LogP contribution in [0.15, 0.2) is 42.5 Å². The molecule has 1 unspecified atom stereocenters. The Morgan fingerprint density at radius 3 is 2.52 bits per heavy atom. The monoisotopic (exact) mass is 319 g/mol. The number of halogens is 1. The zero-order valence-corrected chi connectivity index (χ0v) is 13.6. The van der Waals surface area contributed by atoms with E-state index in [1.165, 1.54) is 6.07 Å². The number of benzene rings is 2. The molecule has 0 spiro atoms. The van der Waals surface area contributed by atoms with E-state index in [1.54, 1.807) is 32.4 Å². The van der Waals surface area contributed by atoms with Gasteiger partial charge in [-0.1, -0.05) is 18.2 Å². The first-order chi connectivity index (χ1) is 11.0. The highest BCUT2D eigenvalue weighted by atomic mass is 19.1. The molecule has 0 heterocycles. The van der Waals surface area contributed by atoms with Gasteiger partial charge in [-0.3, -0.25) is 4.90 Å². The molecule has 0 saturated heterocycles. The van der Waals surface area contributed by atoms with Crippen molar-refractivity contribution in [1.29, 1.82) is 0 Å². The normalized spacial score (nSPS) is 12.3. The summed E-state index contributed by atoms with van der Waals surface area (Å²) in [6.45, 7) is 0.854. The van der Waals surface area contributed by atoms with Crippen LogP contribution in [0.1, 0.15) is 17.2 Å². The van der Waals surface area contributed by atoms with Gasteiger partial charge >= 0.3 is 0 Å². The number of aliphatic hydroxyl groups excluding tert-OH is 1. The number of aliphatic hydroxyl groups is 1. The van der Waals surface area contributed by atoms with Gasteiger partial charge in [-0.2, -0.15) is 0 Å². The lowest BCUT2D eigenvalue weighted by Gasteiger charge is -2.22. The second-order valence-electron chi connectivity index (χ2n) is 5.41. The summed E-state index contributed by atoms with van der Waals surface area (Å²) in [6, 6.07) is 11.8. The molecule has 0 aliphatic rings. The quantitative estimate of drug-likeness (QED) is 0.852. The average Bonchev–Trinajstić information content (AvgIpc) is 2.54. The van der Waals surface area contributed by atoms with Gasteiger partial charge in [0, 0.05) is 24.2 Å². The van der Waals surface area contributed by atoms with E-state index in [1.807, 2.05) is 30.1 Å². The lowest BCUT2D eigenvalue weighted by Crippen LogP contribution is -2.25. The molecule has 1 N–H and O–H groups in total. The van der Waals surface area contributed by atoms with Gasteiger partial charge in [-0.05, 0) is 31.3 Å². The van der Waals surface area contributed by atoms with E-state index in [-0.39, 0.29) is 0 Å². The van der Waals surface area contributed by atoms with Gasteiger partial charge in [0.1, 0.15) is 17.3 Å². The van der Waals surface area contributed by atoms with Crippen LogP contribution >= 0.6 is 0 Å². The molecule has 0 bridgehead atoms. The van der Waals surface area contributed by atoms with Crippen molar-refractivity contribution in [3.63, 3.8) is 0 Å². The maximum Gasteiger partial charge on any atom is 0.129 e. The Hall–Kier alpha value is -2.11. The Bertz CT molecular complexity index is 648. The fourth-order valence-corrected chi connectivity index (χ4v) is 2.50. The van der Waals surface area contributed by atoms with Gasteiger partial charge in [0.05, 0.1) is 20.3 Å². The maximum atomic E-state index is 13.7. The van der Waals surface area contributed by atoms with E-state index < -0.39 is 11.9 Å². The van der Waals surface area contributed by atoms with Crippen molar-refractivity contribution in [2.75, 3.05) is 27.8 Å². The molecule has 1 atom stereocenters. The molecule has 0 radical (unpaired) electrons. The van der Waals surface area contributed by atoms with Crippen LogP contribution in [0.2, 0.25) is 0 Å². The second kappa shape index (κ2) is 7.94. The lowest BCUT2D eigenvalue weighted by molar-refractivity contribution is 0.120. The molecule has 4 nitrogen and oxygen atoms in total. The van der Waals surface area contributed by atoms with Crippen LogP contribution in [0.5, 0.6) is 11.5 Å². The summed E-state index contributed by atoms with van der Waals surface area (Å²) >= 11 is 0. The van der Waals surface area contributed by atoms with Crippen LogP contribution in [0.25, 0.3) is 0 Å². The smallest absolute Gasteiger partial charge is 0.129 e. The molecule has 5 heteroatoms. The summed E-state index contributed by atoms with van der Waals surface area (Å²) in [4.78, 5) is 1.91. The summed E-state index contributed by atoms with van der Waals surface area (Å²) in [5.41, 5.74) is 1.24. The molecular formula is C18H22FNO3. The standard InChI is InChI=1S/C18H22FNO3/c1-20(12-17(21)15-6-4-5-7-16(15)19)11-13-10-14(22-2)8-9-18(13)23-3/h4-10,17,21H,11-12H2,1-3H3. The first-order valence-corrected chi connectivity index (χ1v) is 7.37. The highest BCUT2D eigenvalue weighted by molar-refractivity contribution is 5.40. The minimum Gasteiger partial charge on any atom is -0.497 e. The predicted molar refractivity (Wildman–Crippen MR) is 87.2 cm³/mol. The molecule has 2 rings (SSSR count). The average molecular weight is 319 g/mol. The zero-order chi connectivity index (χ0) is 16.8. The van der Waals surface area contributed by atoms with Crippen molar-refractivity contribution in [2.24, 2.45) is 0 Å². The largest absolute Gasteiger partial charge is 0.497 e. The minimum absolute atomic E-state index is 0.303. The van der Waals surface area contributed by atoms with Gasteiger partial charge in [0.15, 0.2) is 0 Å². The highest BCUT2D eigenvalue weighted by Crippen LogP contribution is 2.26. The van der Waals surface area contributed by atoms with E-state index >= 15 is 0 Å². The third-order valence-corrected chi connectivity index (χ3v) is 3.68. The molecule has 0 aromatic heterocycles. The van der Waals surface area contributed by atoms with Crippen molar-refractivity contribution in [1.82, 2.24) is 4.90 Å². The molecule has 0 aliphatic heterocycles. The lowest BCUT2D eigenvalue weighted by atomic mass is 10.1. The number of rotatable bonds is 7. The summed E-state index contributed by atoms with van der Waals surface area (Å²) in [6.07, 6.45) is -0.891. The number of hydrogen-bond acceptors (Lipinski definition) is 4. The van der Waals surface area contributed by atoms with Crippen LogP contribution in [-0.2, 0) is 6.54 Å². The molecular weight excluding hydrogens is 297 g/mol. The van der Waals surface area contributed by atoms with Gasteiger partial charge in [-0.25, -0.2) is 4.39 Å². The zero-order valence-electron chi connectivity index (χ0n) is 13.6. The van der Waals surface area contributed by atoms with Gasteiger partial charge in [0.25, 0.3) is 0 Å². The molecule has 0 amide bonds. The Balaban J connectivity index is 2.07. The fraction of sp³-hybridized carbons (Fsp3) is 0.333. The molecule has 0 aliphatic carbocycles. The van der Waals surface area contributed by atoms with Crippen LogP contribution < -0.4 is 9.47 Å². The number of ether oxygens (including phenoxy) is 2. The molecule has 23 heavy (non-hydrogen) atoms. The van der Waals surface area contributed by atoms with Gasteiger partial charge in [0.2, 0.25) is 0 Å². The predicted octanol–water partition coefficient (Wildman–Crippen LogP) is 3.01. The minimum atomic E-state index is -0.891. The maximum absolute atomic E-state index is 13.7. The first kappa shape index (κ1) is 17.2. The van der Waals surface area contributed by atoms with Crippen LogP contribution in [0.4, 0.5) is 4.39 Å². The van der Waals surface area contributed by atoms with E-state index in [4.69, 9.17) is 9.47 Å². The molecule has 2 aromatic rings. The Kier molecular flexibility index (Phi) is 5.96. The van der Waals surface area contributed by atoms with Gasteiger partial charge in [-0.15, -0.1) is 0 Å². The third-order valence-electron chi connectivity index (χ3n) is 3.68. The van der Waals surface area contributed by atoms with E-state index in [0.717, 1.165) is 17.1 Å². The number of likely N-dealkylation sites (N-methyl/N-ethyl adjacent to an activating group) is 1. The summed E-state index contributed by atoms with van der Waals surface area (Å²) in [5.74, 6) is 1.09. The highest BCUT2D eigenvalue weighted by Gasteiger charge is 2.16. The Morgan fingerprint density at radius 1 is 1.13 bits per heavy atom. The van der Waals surface area contributed by atoms with E-state index in [2.05, 4.69) is 0 Å². The SMILES string of the molecule is COc1ccc(OC)c(CN(C)CC(O)c2ccccc2F)c1. The third kappa shape index (κ3) is 4.43. The molecule has 124 valence electrons. The van der Waals surface area contributed by atoms with Gasteiger partial charge < -0.3 is 14.6 Å². The van der Waals surface area contributed by atoms with Crippen LogP contribution in [0.3, 0.4) is 0 Å². The van der Waals surface area contributed by atoms with E-state index in [9.17, 15) is 9.50 Å². The summed E-state index contributed by atoms with van der Waals surface area (Å²) in [7, 11) is 5.08. The Labute approximate surface area is 136 Å². The molecule has 0 saturated carbocycles. The number of methoxy groups -OCH3 is 2. The van der Waals surface area contributed by atoms with Crippen LogP contribution in [0, 0.1) is 5.82 Å². The number of hydrogen-bond donors (Lipinski definition) is 1. The molecule has 2 aromatic carbocycles. The number of nitrogens with zero attached hydrogens (tertiary/aromatic N) is 1. The summed E-state index contributed by atoms with van der Waals surface area (Å²) < 4.78 is 24.3. The fourth-order valence-electron chi connectivity index (χ4n) is 2.50. The van der Waals surface area contributed by atoms with Crippen LogP contribution in [-0.4, -0.2) is 37.8 Å². The molecule has 0 fully saturated rings. The second-order valence-corrected chi connectivity index (χ2v) is 5.41. The topological polar surface area (TPSA) is 41.9 Å². The Morgan fingerprint density at radius 2 is 1.87 bits per heavy atom. The van der Waals surface area contributed by atoms with Crippen molar-refractivity contribution in [3.8, 4) is 11.5 Å². The van der Waals surface area contributed by atoms with Crippen molar-refractivity contribution >= 4 is 0 Å². The van der Waals surface area contributed by atoms with Crippen molar-refractivity contribution in [2.45, 2.75) is 12.6 Å².